The van der Waals surface area contributed by atoms with Crippen LogP contribution in [0.5, 0.6) is 0 Å². The number of aryl methyl sites for hydroxylation is 1. The number of halogens is 11. The average molecular weight is 1560 g/mol. The topological polar surface area (TPSA) is 270 Å². The second-order valence-electron chi connectivity index (χ2n) is 30.2. The predicted octanol–water partition coefficient (Wildman–Crippen LogP) is 6.27. The Hall–Kier alpha value is -8.95. The summed E-state index contributed by atoms with van der Waals surface area (Å²) in [5.74, 6) is -19.7. The van der Waals surface area contributed by atoms with Crippen molar-refractivity contribution >= 4 is 70.9 Å². The molecular formula is C74H97F11N12O12. The van der Waals surface area contributed by atoms with Gasteiger partial charge in [0.2, 0.25) is 70.9 Å². The van der Waals surface area contributed by atoms with Gasteiger partial charge in [-0.3, -0.25) is 57.5 Å². The van der Waals surface area contributed by atoms with Gasteiger partial charge < -0.3 is 60.0 Å². The van der Waals surface area contributed by atoms with Gasteiger partial charge in [-0.1, -0.05) is 70.2 Å². The number of alkyl halides is 9. The third kappa shape index (κ3) is 20.2. The Morgan fingerprint density at radius 1 is 0.642 bits per heavy atom. The Morgan fingerprint density at radius 3 is 1.81 bits per heavy atom. The Kier molecular flexibility index (Phi) is 27.5. The molecular weight excluding hydrogens is 1460 g/mol. The van der Waals surface area contributed by atoms with Crippen LogP contribution in [-0.2, 0) is 82.7 Å². The summed E-state index contributed by atoms with van der Waals surface area (Å²) in [4.78, 5) is 188. The van der Waals surface area contributed by atoms with Crippen LogP contribution in [0.15, 0.2) is 48.6 Å². The predicted molar refractivity (Wildman–Crippen MR) is 371 cm³/mol. The summed E-state index contributed by atoms with van der Waals surface area (Å²) < 4.78 is 159. The van der Waals surface area contributed by atoms with Gasteiger partial charge >= 0.3 is 18.5 Å². The van der Waals surface area contributed by atoms with Crippen LogP contribution in [-0.4, -0.2) is 258 Å². The van der Waals surface area contributed by atoms with E-state index >= 15 is 50.7 Å². The maximum atomic E-state index is 15.4. The summed E-state index contributed by atoms with van der Waals surface area (Å²) >= 11 is 0. The van der Waals surface area contributed by atoms with Gasteiger partial charge in [0.25, 0.3) is 0 Å². The van der Waals surface area contributed by atoms with Gasteiger partial charge in [-0.05, 0) is 124 Å². The van der Waals surface area contributed by atoms with Crippen molar-refractivity contribution in [1.82, 2.24) is 60.0 Å². The number of fused-ring (bicyclic) bond motifs is 3. The summed E-state index contributed by atoms with van der Waals surface area (Å²) in [6.07, 6.45) is -13.1. The van der Waals surface area contributed by atoms with Crippen LogP contribution in [0, 0.1) is 35.3 Å². The zero-order valence-electron chi connectivity index (χ0n) is 62.7. The summed E-state index contributed by atoms with van der Waals surface area (Å²) in [6.45, 7) is -0.0310. The molecule has 35 heteroatoms. The molecule has 3 aliphatic heterocycles. The molecule has 0 unspecified atom stereocenters. The molecule has 109 heavy (non-hydrogen) atoms. The van der Waals surface area contributed by atoms with E-state index in [1.165, 1.54) is 49.3 Å². The first-order valence-corrected chi connectivity index (χ1v) is 36.6. The number of hydrogen-bond donors (Lipinski definition) is 3. The smallest absolute Gasteiger partial charge is 0.347 e. The highest BCUT2D eigenvalue weighted by molar-refractivity contribution is 6.01. The number of carbonyl (C=O) groups is 12. The van der Waals surface area contributed by atoms with E-state index in [9.17, 15) is 55.1 Å². The van der Waals surface area contributed by atoms with Crippen LogP contribution in [0.25, 0.3) is 0 Å². The highest BCUT2D eigenvalue weighted by Gasteiger charge is 2.56. The van der Waals surface area contributed by atoms with Gasteiger partial charge in [0.15, 0.2) is 0 Å². The fraction of sp³-hybridized carbons (Fsp3) is 0.649. The first kappa shape index (κ1) is 85.7. The molecule has 3 heterocycles. The molecule has 0 aromatic heterocycles. The molecule has 3 saturated carbocycles. The van der Waals surface area contributed by atoms with Crippen molar-refractivity contribution in [3.8, 4) is 0 Å². The van der Waals surface area contributed by atoms with Crippen molar-refractivity contribution in [2.45, 2.75) is 202 Å². The third-order valence-electron chi connectivity index (χ3n) is 22.4. The molecule has 2 bridgehead atoms. The average Bonchev–Trinajstić information content (AvgIpc) is 1.24. The van der Waals surface area contributed by atoms with E-state index in [2.05, 4.69) is 16.0 Å². The number of benzene rings is 2. The number of likely N-dealkylation sites (N-methyl/N-ethyl adjacent to an activating group) is 7. The fourth-order valence-corrected chi connectivity index (χ4v) is 15.2. The van der Waals surface area contributed by atoms with Crippen molar-refractivity contribution in [3.05, 3.63) is 82.4 Å². The minimum absolute atomic E-state index is 0.0357. The molecule has 3 aliphatic carbocycles. The van der Waals surface area contributed by atoms with Crippen LogP contribution < -0.4 is 16.0 Å². The molecule has 2 aromatic rings. The summed E-state index contributed by atoms with van der Waals surface area (Å²) in [5.41, 5.74) is -5.87. The van der Waals surface area contributed by atoms with Gasteiger partial charge in [0.05, 0.1) is 31.0 Å². The lowest BCUT2D eigenvalue weighted by Crippen LogP contribution is -2.68. The molecule has 6 aliphatic rings. The Morgan fingerprint density at radius 2 is 1.26 bits per heavy atom. The number of hydrogen-bond acceptors (Lipinski definition) is 12. The highest BCUT2D eigenvalue weighted by Crippen LogP contribution is 2.42. The molecule has 1 spiro atoms. The van der Waals surface area contributed by atoms with Gasteiger partial charge in [0.1, 0.15) is 71.1 Å². The van der Waals surface area contributed by atoms with E-state index in [1.54, 1.807) is 26.0 Å². The molecule has 10 atom stereocenters. The summed E-state index contributed by atoms with van der Waals surface area (Å²) in [5, 5.41) is 7.72. The minimum Gasteiger partial charge on any atom is -0.347 e. The lowest BCUT2D eigenvalue weighted by molar-refractivity contribution is -0.171. The van der Waals surface area contributed by atoms with Crippen molar-refractivity contribution in [2.75, 3.05) is 82.6 Å². The maximum Gasteiger partial charge on any atom is 0.422 e. The number of amides is 12. The number of rotatable bonds is 11. The molecule has 602 valence electrons. The molecule has 0 radical (unpaired) electrons. The summed E-state index contributed by atoms with van der Waals surface area (Å²) in [7, 11) is 10.2. The van der Waals surface area contributed by atoms with Crippen LogP contribution in [0.1, 0.15) is 139 Å². The number of nitrogens with zero attached hydrogens (tertiary/aromatic N) is 9. The Balaban J connectivity index is 1.23. The Bertz CT molecular complexity index is 3750. The zero-order chi connectivity index (χ0) is 80.9. The van der Waals surface area contributed by atoms with E-state index in [0.29, 0.717) is 62.0 Å². The largest absolute Gasteiger partial charge is 0.422 e. The van der Waals surface area contributed by atoms with Crippen molar-refractivity contribution in [3.63, 3.8) is 0 Å². The Labute approximate surface area is 625 Å². The molecule has 2 saturated heterocycles. The molecule has 24 nitrogen and oxygen atoms in total. The monoisotopic (exact) mass is 1550 g/mol. The lowest BCUT2D eigenvalue weighted by Gasteiger charge is -2.46. The van der Waals surface area contributed by atoms with Crippen molar-refractivity contribution < 1.29 is 106 Å². The van der Waals surface area contributed by atoms with Crippen LogP contribution >= 0.6 is 0 Å². The van der Waals surface area contributed by atoms with Gasteiger partial charge in [-0.15, -0.1) is 0 Å². The second kappa shape index (κ2) is 35.0. The molecule has 5 fully saturated rings. The van der Waals surface area contributed by atoms with Crippen molar-refractivity contribution in [2.24, 2.45) is 23.7 Å². The van der Waals surface area contributed by atoms with Crippen LogP contribution in [0.4, 0.5) is 48.3 Å². The molecule has 12 amide bonds. The van der Waals surface area contributed by atoms with E-state index < -0.39 is 241 Å². The first-order chi connectivity index (χ1) is 50.9. The minimum atomic E-state index is -5.54. The van der Waals surface area contributed by atoms with Gasteiger partial charge in [-0.25, -0.2) is 8.78 Å². The fourth-order valence-electron chi connectivity index (χ4n) is 15.2. The molecule has 2 aromatic carbocycles. The highest BCUT2D eigenvalue weighted by atomic mass is 19.4. The maximum absolute atomic E-state index is 15.4. The molecule has 8 rings (SSSR count). The van der Waals surface area contributed by atoms with Gasteiger partial charge in [-0.2, -0.15) is 39.5 Å². The van der Waals surface area contributed by atoms with Crippen LogP contribution in [0.3, 0.4) is 0 Å². The standard InChI is InChI=1S/C74H97F11N12O12/c1-11-41(2)60-68(107)91(6)40-58(100)92(7)51-20-13-12-16-31-96(67(51)106)55(35-43-23-26-46(27-24-43)72(77,78)79)66(105)90(5)39-56(98)86-50(28-25-44-32-48(75)59(49(76)33-44)74(83,84)85)64(103)97-38-47(73(80,81)82)36-53(97)63(102)88-71(29-17-30-71)70(109)95(10)61(45-18-14-15-19-45)69(108)94(9)54(65(104)89(3)4)37-57(99)93(8)52(62(101)87-60)34-42-21-22-42/h12-13,23-24,26-27,32-33,41-42,45,47,50-55,60-61H,11,14-22,25,28-31,34-40H2,1-10H3,(H,86,98)(H,87,101)(H,88,102)/b13-12-/t41-,47+,50-,51-,52-,53-,54-,55-,60-,61-/m0/s1. The quantitative estimate of drug-likeness (QED) is 0.166. The lowest BCUT2D eigenvalue weighted by atomic mass is 9.74. The first-order valence-electron chi connectivity index (χ1n) is 36.6. The van der Waals surface area contributed by atoms with E-state index in [4.69, 9.17) is 0 Å². The number of nitrogens with one attached hydrogen (secondary N) is 3. The van der Waals surface area contributed by atoms with E-state index in [0.717, 1.165) is 58.4 Å². The van der Waals surface area contributed by atoms with Crippen molar-refractivity contribution in [1.29, 1.82) is 0 Å². The second-order valence-corrected chi connectivity index (χ2v) is 30.2. The van der Waals surface area contributed by atoms with E-state index in [-0.39, 0.29) is 68.7 Å². The number of carbonyl (C=O) groups excluding carboxylic acids is 12. The third-order valence-corrected chi connectivity index (χ3v) is 22.4. The normalized spacial score (nSPS) is 26.8. The van der Waals surface area contributed by atoms with Crippen LogP contribution in [0.2, 0.25) is 0 Å². The van der Waals surface area contributed by atoms with Gasteiger partial charge in [0, 0.05) is 75.9 Å². The summed E-state index contributed by atoms with van der Waals surface area (Å²) in [6, 6.07) is -9.12. The SMILES string of the molecule is CC[C@H](C)[C@@H]1NC(=O)[C@H](CC2CC2)N(C)C(=O)C[C@@H](C(=O)N(C)C)N(C)C(=O)[C@H](C2CCCC2)N(C)C(=O)C2(CCC2)NC(=O)[C@@H]2C[C@@H](C(F)(F)F)CN2C(=O)[C@H](CCc2cc(F)c(C(F)(F)F)c(F)c2)NC(=O)CN(C)C(=O)[C@H](Cc2ccc(C(F)(F)F)cc2)N2CC/C=C\C[C@@H](C2=O)N(C)C(=O)CN(C)C1=O. The molecule has 3 N–H and O–H groups in total. The van der Waals surface area contributed by atoms with E-state index in [1.807, 2.05) is 0 Å². The zero-order valence-corrected chi connectivity index (χ0v) is 62.7.